The summed E-state index contributed by atoms with van der Waals surface area (Å²) in [6, 6.07) is -0.306. The lowest BCUT2D eigenvalue weighted by Crippen LogP contribution is -2.38. The van der Waals surface area contributed by atoms with E-state index in [4.69, 9.17) is 9.84 Å². The number of H-pyrrole nitrogens is 1. The largest absolute Gasteiger partial charge is 0.392 e. The third kappa shape index (κ3) is 2.83. The van der Waals surface area contributed by atoms with Gasteiger partial charge in [-0.1, -0.05) is 0 Å². The van der Waals surface area contributed by atoms with E-state index in [9.17, 15) is 8.42 Å². The summed E-state index contributed by atoms with van der Waals surface area (Å²) in [4.78, 5) is 0. The highest BCUT2D eigenvalue weighted by Crippen LogP contribution is 2.18. The molecule has 0 radical (unpaired) electrons. The molecule has 0 fully saturated rings. The number of aliphatic hydroxyl groups excluding tert-OH is 1. The minimum Gasteiger partial charge on any atom is -0.392 e. The van der Waals surface area contributed by atoms with Crippen LogP contribution in [0.15, 0.2) is 11.2 Å². The van der Waals surface area contributed by atoms with E-state index in [0.717, 1.165) is 0 Å². The highest BCUT2D eigenvalue weighted by atomic mass is 32.2. The van der Waals surface area contributed by atoms with Crippen molar-refractivity contribution in [3.63, 3.8) is 0 Å². The summed E-state index contributed by atoms with van der Waals surface area (Å²) in [7, 11) is -0.719. The highest BCUT2D eigenvalue weighted by Gasteiger charge is 2.28. The Morgan fingerprint density at radius 1 is 1.65 bits per heavy atom. The Hall–Kier alpha value is -0.960. The highest BCUT2D eigenvalue weighted by molar-refractivity contribution is 7.89. The molecule has 1 unspecified atom stereocenters. The number of nitrogens with zero attached hydrogens (tertiary/aromatic N) is 2. The van der Waals surface area contributed by atoms with Gasteiger partial charge < -0.3 is 9.84 Å². The van der Waals surface area contributed by atoms with E-state index in [1.165, 1.54) is 24.7 Å². The maximum atomic E-state index is 12.2. The molecule has 1 rings (SSSR count). The Kier molecular flexibility index (Phi) is 4.63. The average molecular weight is 263 g/mol. The molecule has 7 nitrogen and oxygen atoms in total. The Balaban J connectivity index is 3.03. The number of hydrogen-bond donors (Lipinski definition) is 2. The fourth-order valence-corrected chi connectivity index (χ4v) is 2.80. The van der Waals surface area contributed by atoms with Crippen molar-refractivity contribution in [2.75, 3.05) is 20.8 Å². The zero-order chi connectivity index (χ0) is 13.1. The first kappa shape index (κ1) is 14.1. The summed E-state index contributed by atoms with van der Waals surface area (Å²) >= 11 is 0. The normalized spacial score (nSPS) is 14.2. The molecular weight excluding hydrogens is 246 g/mol. The minimum absolute atomic E-state index is 0.0783. The third-order valence-corrected chi connectivity index (χ3v) is 4.50. The molecule has 0 bridgehead atoms. The first-order valence-corrected chi connectivity index (χ1v) is 6.49. The van der Waals surface area contributed by atoms with Crippen molar-refractivity contribution in [3.05, 3.63) is 11.8 Å². The fourth-order valence-electron chi connectivity index (χ4n) is 1.36. The molecule has 17 heavy (non-hydrogen) atoms. The van der Waals surface area contributed by atoms with Crippen molar-refractivity contribution < 1.29 is 18.3 Å². The maximum Gasteiger partial charge on any atom is 0.260 e. The summed E-state index contributed by atoms with van der Waals surface area (Å²) in [6.45, 7) is 1.64. The van der Waals surface area contributed by atoms with Crippen LogP contribution in [-0.2, 0) is 21.4 Å². The van der Waals surface area contributed by atoms with E-state index in [0.29, 0.717) is 6.61 Å². The van der Waals surface area contributed by atoms with Gasteiger partial charge in [0.15, 0.2) is 5.03 Å². The van der Waals surface area contributed by atoms with Crippen LogP contribution in [0.2, 0.25) is 0 Å². The van der Waals surface area contributed by atoms with Crippen LogP contribution < -0.4 is 0 Å². The zero-order valence-electron chi connectivity index (χ0n) is 10.0. The molecule has 0 aliphatic rings. The van der Waals surface area contributed by atoms with Gasteiger partial charge in [-0.25, -0.2) is 8.42 Å². The van der Waals surface area contributed by atoms with Gasteiger partial charge in [0.25, 0.3) is 10.0 Å². The second-order valence-electron chi connectivity index (χ2n) is 3.71. The zero-order valence-corrected chi connectivity index (χ0v) is 10.9. The van der Waals surface area contributed by atoms with E-state index in [-0.39, 0.29) is 23.2 Å². The van der Waals surface area contributed by atoms with E-state index in [2.05, 4.69) is 10.2 Å². The number of aromatic nitrogens is 2. The van der Waals surface area contributed by atoms with Crippen LogP contribution in [0.5, 0.6) is 0 Å². The van der Waals surface area contributed by atoms with E-state index < -0.39 is 10.0 Å². The predicted octanol–water partition coefficient (Wildman–Crippen LogP) is -0.443. The van der Waals surface area contributed by atoms with Gasteiger partial charge in [-0.05, 0) is 6.92 Å². The SMILES string of the molecule is COCC(C)N(C)S(=O)(=O)c1[nH]ncc1CO. The predicted molar refractivity (Wildman–Crippen MR) is 60.8 cm³/mol. The summed E-state index contributed by atoms with van der Waals surface area (Å²) in [5.74, 6) is 0. The number of ether oxygens (including phenoxy) is 1. The molecule has 0 saturated carbocycles. The molecule has 0 spiro atoms. The first-order chi connectivity index (χ1) is 7.95. The van der Waals surface area contributed by atoms with Crippen molar-refractivity contribution in [1.82, 2.24) is 14.5 Å². The number of aliphatic hydroxyl groups is 1. The number of likely N-dealkylation sites (N-methyl/N-ethyl adjacent to an activating group) is 1. The van der Waals surface area contributed by atoms with Crippen LogP contribution >= 0.6 is 0 Å². The Morgan fingerprint density at radius 2 is 2.29 bits per heavy atom. The standard InChI is InChI=1S/C9H17N3O4S/c1-7(6-16-3)12(2)17(14,15)9-8(5-13)4-10-11-9/h4,7,13H,5-6H2,1-3H3,(H,10,11). The van der Waals surface area contributed by atoms with Crippen molar-refractivity contribution in [2.24, 2.45) is 0 Å². The average Bonchev–Trinajstić information content (AvgIpc) is 2.76. The lowest BCUT2D eigenvalue weighted by atomic mass is 10.4. The van der Waals surface area contributed by atoms with Crippen LogP contribution in [0, 0.1) is 0 Å². The van der Waals surface area contributed by atoms with Crippen molar-refractivity contribution in [2.45, 2.75) is 24.6 Å². The lowest BCUT2D eigenvalue weighted by Gasteiger charge is -2.23. The van der Waals surface area contributed by atoms with Gasteiger partial charge in [-0.2, -0.15) is 9.40 Å². The van der Waals surface area contributed by atoms with Crippen LogP contribution in [-0.4, -0.2) is 54.8 Å². The number of hydrogen-bond acceptors (Lipinski definition) is 5. The van der Waals surface area contributed by atoms with E-state index in [1.807, 2.05) is 0 Å². The molecule has 2 N–H and O–H groups in total. The molecule has 1 aromatic heterocycles. The topological polar surface area (TPSA) is 95.5 Å². The van der Waals surface area contributed by atoms with Crippen LogP contribution in [0.4, 0.5) is 0 Å². The number of sulfonamides is 1. The third-order valence-electron chi connectivity index (χ3n) is 2.51. The monoisotopic (exact) mass is 263 g/mol. The minimum atomic E-state index is -3.68. The molecule has 1 atom stereocenters. The molecule has 98 valence electrons. The smallest absolute Gasteiger partial charge is 0.260 e. The summed E-state index contributed by atoms with van der Waals surface area (Å²) in [6.07, 6.45) is 1.29. The van der Waals surface area contributed by atoms with Crippen LogP contribution in [0.1, 0.15) is 12.5 Å². The van der Waals surface area contributed by atoms with Gasteiger partial charge in [-0.3, -0.25) is 5.10 Å². The lowest BCUT2D eigenvalue weighted by molar-refractivity contribution is 0.149. The van der Waals surface area contributed by atoms with E-state index in [1.54, 1.807) is 6.92 Å². The Labute approximate surface area is 100 Å². The quantitative estimate of drug-likeness (QED) is 0.725. The van der Waals surface area contributed by atoms with Crippen LogP contribution in [0.25, 0.3) is 0 Å². The molecule has 1 heterocycles. The molecule has 1 aromatic rings. The molecule has 0 saturated heterocycles. The number of aromatic amines is 1. The molecule has 0 aliphatic carbocycles. The summed E-state index contributed by atoms with van der Waals surface area (Å²) in [5.41, 5.74) is 0.251. The van der Waals surface area contributed by atoms with Crippen molar-refractivity contribution in [3.8, 4) is 0 Å². The molecule has 0 aromatic carbocycles. The van der Waals surface area contributed by atoms with Crippen molar-refractivity contribution in [1.29, 1.82) is 0 Å². The number of methoxy groups -OCH3 is 1. The number of nitrogens with one attached hydrogen (secondary N) is 1. The van der Waals surface area contributed by atoms with Crippen molar-refractivity contribution >= 4 is 10.0 Å². The summed E-state index contributed by atoms with van der Waals surface area (Å²) < 4.78 is 30.5. The molecule has 0 aliphatic heterocycles. The van der Waals surface area contributed by atoms with Gasteiger partial charge >= 0.3 is 0 Å². The van der Waals surface area contributed by atoms with Gasteiger partial charge in [0.05, 0.1) is 19.4 Å². The Bertz CT molecular complexity index is 457. The number of rotatable bonds is 6. The maximum absolute atomic E-state index is 12.2. The molecule has 8 heteroatoms. The molecular formula is C9H17N3O4S. The second-order valence-corrected chi connectivity index (χ2v) is 5.64. The van der Waals surface area contributed by atoms with Crippen LogP contribution in [0.3, 0.4) is 0 Å². The fraction of sp³-hybridized carbons (Fsp3) is 0.667. The van der Waals surface area contributed by atoms with Gasteiger partial charge in [0.2, 0.25) is 0 Å². The van der Waals surface area contributed by atoms with Gasteiger partial charge in [-0.15, -0.1) is 0 Å². The summed E-state index contributed by atoms with van der Waals surface area (Å²) in [5, 5.41) is 15.0. The Morgan fingerprint density at radius 3 is 2.82 bits per heavy atom. The van der Waals surface area contributed by atoms with Gasteiger partial charge in [0.1, 0.15) is 0 Å². The first-order valence-electron chi connectivity index (χ1n) is 5.05. The molecule has 0 amide bonds. The van der Waals surface area contributed by atoms with Gasteiger partial charge in [0, 0.05) is 25.8 Å². The second kappa shape index (κ2) is 5.58. The van der Waals surface area contributed by atoms with E-state index >= 15 is 0 Å².